The van der Waals surface area contributed by atoms with Crippen molar-refractivity contribution in [1.82, 2.24) is 10.2 Å². The van der Waals surface area contributed by atoms with Gasteiger partial charge in [0.1, 0.15) is 12.2 Å². The van der Waals surface area contributed by atoms with E-state index in [1.165, 1.54) is 4.90 Å². The molecule has 2 fully saturated rings. The highest BCUT2D eigenvalue weighted by Gasteiger charge is 2.30. The summed E-state index contributed by atoms with van der Waals surface area (Å²) < 4.78 is 10.3. The zero-order valence-electron chi connectivity index (χ0n) is 9.27. The van der Waals surface area contributed by atoms with E-state index < -0.39 is 0 Å². The largest absolute Gasteiger partial charge is 0.442 e. The van der Waals surface area contributed by atoms with E-state index in [2.05, 4.69) is 5.32 Å². The minimum atomic E-state index is -0.337. The molecule has 2 unspecified atom stereocenters. The van der Waals surface area contributed by atoms with E-state index in [0.717, 1.165) is 12.8 Å². The standard InChI is InChI=1S/C10H16N2O4/c1-12-6-7(16-10(12)14)5-11-9(13)8-3-2-4-15-8/h7-8H,2-6H2,1H3,(H,11,13). The monoisotopic (exact) mass is 228 g/mol. The molecular weight excluding hydrogens is 212 g/mol. The van der Waals surface area contributed by atoms with Gasteiger partial charge in [-0.25, -0.2) is 4.79 Å². The molecule has 0 radical (unpaired) electrons. The van der Waals surface area contributed by atoms with Crippen LogP contribution in [-0.2, 0) is 14.3 Å². The zero-order chi connectivity index (χ0) is 11.5. The highest BCUT2D eigenvalue weighted by molar-refractivity contribution is 5.81. The van der Waals surface area contributed by atoms with Gasteiger partial charge in [-0.1, -0.05) is 0 Å². The Kier molecular flexibility index (Phi) is 3.28. The van der Waals surface area contributed by atoms with E-state index in [-0.39, 0.29) is 24.2 Å². The lowest BCUT2D eigenvalue weighted by atomic mass is 10.2. The second kappa shape index (κ2) is 4.69. The summed E-state index contributed by atoms with van der Waals surface area (Å²) >= 11 is 0. The molecule has 2 aliphatic rings. The highest BCUT2D eigenvalue weighted by Crippen LogP contribution is 2.12. The molecule has 0 aromatic heterocycles. The lowest BCUT2D eigenvalue weighted by Crippen LogP contribution is -2.39. The first-order valence-electron chi connectivity index (χ1n) is 5.48. The molecule has 2 saturated heterocycles. The maximum Gasteiger partial charge on any atom is 0.410 e. The van der Waals surface area contributed by atoms with Gasteiger partial charge in [0.25, 0.3) is 0 Å². The Morgan fingerprint density at radius 2 is 2.44 bits per heavy atom. The number of nitrogens with one attached hydrogen (secondary N) is 1. The molecule has 0 aromatic rings. The number of ether oxygens (including phenoxy) is 2. The fraction of sp³-hybridized carbons (Fsp3) is 0.800. The van der Waals surface area contributed by atoms with Crippen LogP contribution in [0.1, 0.15) is 12.8 Å². The molecule has 16 heavy (non-hydrogen) atoms. The maximum absolute atomic E-state index is 11.6. The van der Waals surface area contributed by atoms with Gasteiger partial charge < -0.3 is 19.7 Å². The van der Waals surface area contributed by atoms with Gasteiger partial charge in [-0.15, -0.1) is 0 Å². The predicted molar refractivity (Wildman–Crippen MR) is 54.9 cm³/mol. The molecule has 2 heterocycles. The van der Waals surface area contributed by atoms with E-state index >= 15 is 0 Å². The van der Waals surface area contributed by atoms with Crippen LogP contribution < -0.4 is 5.32 Å². The Labute approximate surface area is 93.9 Å². The number of hydrogen-bond donors (Lipinski definition) is 1. The second-order valence-electron chi connectivity index (χ2n) is 4.13. The lowest BCUT2D eigenvalue weighted by Gasteiger charge is -2.12. The Bertz CT molecular complexity index is 289. The average Bonchev–Trinajstić information content (AvgIpc) is 2.86. The van der Waals surface area contributed by atoms with Gasteiger partial charge in [-0.2, -0.15) is 0 Å². The number of carbonyl (C=O) groups is 2. The minimum Gasteiger partial charge on any atom is -0.442 e. The Morgan fingerprint density at radius 3 is 3.00 bits per heavy atom. The Hall–Kier alpha value is -1.30. The maximum atomic E-state index is 11.6. The van der Waals surface area contributed by atoms with Crippen LogP contribution in [0.25, 0.3) is 0 Å². The van der Waals surface area contributed by atoms with Crippen LogP contribution in [0.5, 0.6) is 0 Å². The number of rotatable bonds is 3. The number of nitrogens with zero attached hydrogens (tertiary/aromatic N) is 1. The van der Waals surface area contributed by atoms with E-state index in [1.807, 2.05) is 0 Å². The number of carbonyl (C=O) groups excluding carboxylic acids is 2. The van der Waals surface area contributed by atoms with E-state index in [1.54, 1.807) is 7.05 Å². The van der Waals surface area contributed by atoms with Gasteiger partial charge in [0.15, 0.2) is 0 Å². The second-order valence-corrected chi connectivity index (χ2v) is 4.13. The summed E-state index contributed by atoms with van der Waals surface area (Å²) in [4.78, 5) is 24.1. The van der Waals surface area contributed by atoms with Crippen LogP contribution in [-0.4, -0.2) is 55.9 Å². The fourth-order valence-corrected chi connectivity index (χ4v) is 1.87. The van der Waals surface area contributed by atoms with E-state index in [4.69, 9.17) is 9.47 Å². The first-order valence-corrected chi connectivity index (χ1v) is 5.48. The molecule has 0 bridgehead atoms. The quantitative estimate of drug-likeness (QED) is 0.722. The summed E-state index contributed by atoms with van der Waals surface area (Å²) in [5, 5.41) is 2.74. The Balaban J connectivity index is 1.71. The van der Waals surface area contributed by atoms with Crippen molar-refractivity contribution in [3.8, 4) is 0 Å². The van der Waals surface area contributed by atoms with Crippen molar-refractivity contribution in [3.63, 3.8) is 0 Å². The molecule has 2 aliphatic heterocycles. The van der Waals surface area contributed by atoms with Crippen LogP contribution in [0.15, 0.2) is 0 Å². The molecule has 6 heteroatoms. The molecule has 0 aromatic carbocycles. The summed E-state index contributed by atoms with van der Waals surface area (Å²) in [5.41, 5.74) is 0. The van der Waals surface area contributed by atoms with Crippen molar-refractivity contribution in [2.45, 2.75) is 25.0 Å². The number of cyclic esters (lactones) is 1. The molecular formula is C10H16N2O4. The van der Waals surface area contributed by atoms with Crippen molar-refractivity contribution >= 4 is 12.0 Å². The molecule has 0 saturated carbocycles. The number of likely N-dealkylation sites (N-methyl/N-ethyl adjacent to an activating group) is 1. The van der Waals surface area contributed by atoms with Crippen molar-refractivity contribution in [3.05, 3.63) is 0 Å². The number of hydrogen-bond acceptors (Lipinski definition) is 4. The molecule has 2 amide bonds. The van der Waals surface area contributed by atoms with Crippen molar-refractivity contribution in [1.29, 1.82) is 0 Å². The van der Waals surface area contributed by atoms with Crippen molar-refractivity contribution in [2.24, 2.45) is 0 Å². The first kappa shape index (κ1) is 11.2. The average molecular weight is 228 g/mol. The van der Waals surface area contributed by atoms with Crippen LogP contribution in [0.4, 0.5) is 4.79 Å². The molecule has 2 atom stereocenters. The van der Waals surface area contributed by atoms with Gasteiger partial charge in [-0.3, -0.25) is 4.79 Å². The van der Waals surface area contributed by atoms with Gasteiger partial charge in [-0.05, 0) is 12.8 Å². The van der Waals surface area contributed by atoms with Crippen LogP contribution in [0.3, 0.4) is 0 Å². The Morgan fingerprint density at radius 1 is 1.62 bits per heavy atom. The summed E-state index contributed by atoms with van der Waals surface area (Å²) in [6, 6.07) is 0. The summed E-state index contributed by atoms with van der Waals surface area (Å²) in [6.07, 6.45) is 0.796. The summed E-state index contributed by atoms with van der Waals surface area (Å²) in [6.45, 7) is 1.53. The third kappa shape index (κ3) is 2.44. The van der Waals surface area contributed by atoms with E-state index in [9.17, 15) is 9.59 Å². The minimum absolute atomic E-state index is 0.108. The van der Waals surface area contributed by atoms with Crippen LogP contribution in [0, 0.1) is 0 Å². The number of amides is 2. The summed E-state index contributed by atoms with van der Waals surface area (Å²) in [5.74, 6) is -0.108. The van der Waals surface area contributed by atoms with Crippen LogP contribution in [0.2, 0.25) is 0 Å². The van der Waals surface area contributed by atoms with Crippen LogP contribution >= 0.6 is 0 Å². The van der Waals surface area contributed by atoms with Crippen molar-refractivity contribution in [2.75, 3.05) is 26.7 Å². The molecule has 0 spiro atoms. The SMILES string of the molecule is CN1CC(CNC(=O)C2CCCO2)OC1=O. The first-order chi connectivity index (χ1) is 7.66. The van der Waals surface area contributed by atoms with Crippen molar-refractivity contribution < 1.29 is 19.1 Å². The van der Waals surface area contributed by atoms with E-state index in [0.29, 0.717) is 19.7 Å². The molecule has 90 valence electrons. The molecule has 1 N–H and O–H groups in total. The van der Waals surface area contributed by atoms with Gasteiger partial charge in [0, 0.05) is 13.7 Å². The third-order valence-corrected chi connectivity index (χ3v) is 2.78. The molecule has 6 nitrogen and oxygen atoms in total. The zero-order valence-corrected chi connectivity index (χ0v) is 9.27. The third-order valence-electron chi connectivity index (χ3n) is 2.78. The smallest absolute Gasteiger partial charge is 0.410 e. The highest BCUT2D eigenvalue weighted by atomic mass is 16.6. The summed E-state index contributed by atoms with van der Waals surface area (Å²) in [7, 11) is 1.67. The fourth-order valence-electron chi connectivity index (χ4n) is 1.87. The molecule has 2 rings (SSSR count). The van der Waals surface area contributed by atoms with Gasteiger partial charge >= 0.3 is 6.09 Å². The van der Waals surface area contributed by atoms with Gasteiger partial charge in [0.05, 0.1) is 13.1 Å². The lowest BCUT2D eigenvalue weighted by molar-refractivity contribution is -0.130. The van der Waals surface area contributed by atoms with Gasteiger partial charge in [0.2, 0.25) is 5.91 Å². The molecule has 0 aliphatic carbocycles. The normalized spacial score (nSPS) is 29.3. The topological polar surface area (TPSA) is 67.9 Å². The predicted octanol–water partition coefficient (Wildman–Crippen LogP) is -0.268.